The first-order valence-corrected chi connectivity index (χ1v) is 7.85. The van der Waals surface area contributed by atoms with Gasteiger partial charge in [0.2, 0.25) is 0 Å². The van der Waals surface area contributed by atoms with Gasteiger partial charge in [0.05, 0.1) is 25.0 Å². The first-order chi connectivity index (χ1) is 11.8. The van der Waals surface area contributed by atoms with Gasteiger partial charge < -0.3 is 10.8 Å². The molecule has 0 spiro atoms. The van der Waals surface area contributed by atoms with Gasteiger partial charge in [0, 0.05) is 12.1 Å². The molecule has 7 heteroatoms. The minimum atomic E-state index is -0.976. The summed E-state index contributed by atoms with van der Waals surface area (Å²) in [6, 6.07) is 10.1. The van der Waals surface area contributed by atoms with E-state index in [2.05, 4.69) is 28.4 Å². The monoisotopic (exact) mass is 343 g/mol. The Morgan fingerprint density at radius 3 is 2.40 bits per heavy atom. The topological polar surface area (TPSA) is 97.3 Å². The molecular weight excluding hydrogens is 318 g/mol. The van der Waals surface area contributed by atoms with Crippen molar-refractivity contribution in [3.05, 3.63) is 47.8 Å². The smallest absolute Gasteiger partial charge is 0.408 e. The molecular formula is C18H25N5O2. The van der Waals surface area contributed by atoms with Crippen LogP contribution < -0.4 is 5.73 Å². The Kier molecular flexibility index (Phi) is 7.63. The summed E-state index contributed by atoms with van der Waals surface area (Å²) >= 11 is 0. The summed E-state index contributed by atoms with van der Waals surface area (Å²) in [6.07, 6.45) is 5.90. The van der Waals surface area contributed by atoms with Crippen LogP contribution >= 0.6 is 0 Å². The number of hydrogen-bond donors (Lipinski definition) is 2. The predicted octanol–water partition coefficient (Wildman–Crippen LogP) is 2.18. The molecule has 0 aliphatic heterocycles. The number of terminal acetylenes is 1. The highest BCUT2D eigenvalue weighted by atomic mass is 16.4. The van der Waals surface area contributed by atoms with Crippen LogP contribution in [-0.2, 0) is 13.1 Å². The summed E-state index contributed by atoms with van der Waals surface area (Å²) in [7, 11) is 0. The SMILES string of the molecule is C#CCN(C(=O)O)C(C)(C)C.NCc1cn(Cc2ccccc2)nn1. The number of nitrogens with two attached hydrogens (primary N) is 1. The van der Waals surface area contributed by atoms with E-state index in [1.807, 2.05) is 24.4 Å². The first-order valence-electron chi connectivity index (χ1n) is 7.85. The summed E-state index contributed by atoms with van der Waals surface area (Å²) in [5.74, 6) is 2.30. The van der Waals surface area contributed by atoms with Crippen molar-refractivity contribution in [2.75, 3.05) is 6.54 Å². The van der Waals surface area contributed by atoms with Crippen LogP contribution in [0.5, 0.6) is 0 Å². The lowest BCUT2D eigenvalue weighted by atomic mass is 10.1. The van der Waals surface area contributed by atoms with E-state index in [0.29, 0.717) is 6.54 Å². The quantitative estimate of drug-likeness (QED) is 0.829. The fraction of sp³-hybridized carbons (Fsp3) is 0.389. The second-order valence-corrected chi connectivity index (χ2v) is 6.34. The molecule has 0 aliphatic rings. The third-order valence-corrected chi connectivity index (χ3v) is 3.27. The molecule has 0 saturated carbocycles. The summed E-state index contributed by atoms with van der Waals surface area (Å²) in [5, 5.41) is 16.6. The van der Waals surface area contributed by atoms with Crippen LogP contribution in [0, 0.1) is 12.3 Å². The second-order valence-electron chi connectivity index (χ2n) is 6.34. The minimum absolute atomic E-state index is 0.138. The van der Waals surface area contributed by atoms with E-state index in [4.69, 9.17) is 17.3 Å². The van der Waals surface area contributed by atoms with Crippen molar-refractivity contribution >= 4 is 6.09 Å². The van der Waals surface area contributed by atoms with Gasteiger partial charge in [-0.25, -0.2) is 9.48 Å². The number of carbonyl (C=O) groups is 1. The highest BCUT2D eigenvalue weighted by Gasteiger charge is 2.24. The summed E-state index contributed by atoms with van der Waals surface area (Å²) in [5.41, 5.74) is 7.05. The molecule has 1 heterocycles. The molecule has 1 aromatic heterocycles. The van der Waals surface area contributed by atoms with Crippen molar-refractivity contribution in [1.82, 2.24) is 19.9 Å². The highest BCUT2D eigenvalue weighted by molar-refractivity contribution is 5.66. The van der Waals surface area contributed by atoms with Gasteiger partial charge in [-0.05, 0) is 26.3 Å². The molecule has 134 valence electrons. The molecule has 0 saturated heterocycles. The second kappa shape index (κ2) is 9.45. The Bertz CT molecular complexity index is 698. The van der Waals surface area contributed by atoms with Crippen LogP contribution in [0.15, 0.2) is 36.5 Å². The van der Waals surface area contributed by atoms with E-state index < -0.39 is 11.6 Å². The Morgan fingerprint density at radius 2 is 2.00 bits per heavy atom. The van der Waals surface area contributed by atoms with E-state index >= 15 is 0 Å². The fourth-order valence-corrected chi connectivity index (χ4v) is 1.96. The molecule has 2 aromatic rings. The average Bonchev–Trinajstić information content (AvgIpc) is 3.00. The number of rotatable bonds is 4. The minimum Gasteiger partial charge on any atom is -0.465 e. The van der Waals surface area contributed by atoms with Gasteiger partial charge in [-0.15, -0.1) is 11.5 Å². The van der Waals surface area contributed by atoms with Crippen LogP contribution in [0.25, 0.3) is 0 Å². The molecule has 0 radical (unpaired) electrons. The largest absolute Gasteiger partial charge is 0.465 e. The lowest BCUT2D eigenvalue weighted by molar-refractivity contribution is 0.110. The molecule has 0 aliphatic carbocycles. The van der Waals surface area contributed by atoms with Crippen LogP contribution in [0.2, 0.25) is 0 Å². The highest BCUT2D eigenvalue weighted by Crippen LogP contribution is 2.11. The van der Waals surface area contributed by atoms with Crippen molar-refractivity contribution < 1.29 is 9.90 Å². The summed E-state index contributed by atoms with van der Waals surface area (Å²) < 4.78 is 1.79. The molecule has 3 N–H and O–H groups in total. The zero-order chi connectivity index (χ0) is 18.9. The zero-order valence-corrected chi connectivity index (χ0v) is 14.9. The number of nitrogens with zero attached hydrogens (tertiary/aromatic N) is 4. The maximum Gasteiger partial charge on any atom is 0.408 e. The van der Waals surface area contributed by atoms with Crippen LogP contribution in [0.3, 0.4) is 0 Å². The van der Waals surface area contributed by atoms with Crippen LogP contribution in [0.4, 0.5) is 4.79 Å². The van der Waals surface area contributed by atoms with Crippen molar-refractivity contribution in [3.63, 3.8) is 0 Å². The molecule has 1 amide bonds. The molecule has 0 unspecified atom stereocenters. The molecule has 0 fully saturated rings. The van der Waals surface area contributed by atoms with Crippen molar-refractivity contribution in [3.8, 4) is 12.3 Å². The maximum atomic E-state index is 10.6. The van der Waals surface area contributed by atoms with Gasteiger partial charge in [-0.3, -0.25) is 4.90 Å². The number of hydrogen-bond acceptors (Lipinski definition) is 4. The summed E-state index contributed by atoms with van der Waals surface area (Å²) in [4.78, 5) is 11.8. The van der Waals surface area contributed by atoms with E-state index in [0.717, 1.165) is 12.2 Å². The normalized spacial score (nSPS) is 10.4. The van der Waals surface area contributed by atoms with Gasteiger partial charge in [0.25, 0.3) is 0 Å². The molecule has 7 nitrogen and oxygen atoms in total. The molecule has 0 bridgehead atoms. The zero-order valence-electron chi connectivity index (χ0n) is 14.9. The molecule has 2 rings (SSSR count). The standard InChI is InChI=1S/C10H12N4.C8H13NO2/c11-6-10-8-14(13-12-10)7-9-4-2-1-3-5-9;1-5-6-9(7(10)11)8(2,3)4/h1-5,8H,6-7,11H2;1H,6H2,2-4H3,(H,10,11). The van der Waals surface area contributed by atoms with Crippen molar-refractivity contribution in [2.45, 2.75) is 39.4 Å². The Labute approximate surface area is 148 Å². The Hall–Kier alpha value is -2.85. The molecule has 1 aromatic carbocycles. The van der Waals surface area contributed by atoms with E-state index in [9.17, 15) is 4.79 Å². The molecule has 25 heavy (non-hydrogen) atoms. The predicted molar refractivity (Wildman–Crippen MR) is 96.8 cm³/mol. The maximum absolute atomic E-state index is 10.6. The van der Waals surface area contributed by atoms with Crippen LogP contribution in [0.1, 0.15) is 32.0 Å². The average molecular weight is 343 g/mol. The third-order valence-electron chi connectivity index (χ3n) is 3.27. The summed E-state index contributed by atoms with van der Waals surface area (Å²) in [6.45, 7) is 6.73. The van der Waals surface area contributed by atoms with Crippen LogP contribution in [-0.4, -0.2) is 43.2 Å². The van der Waals surface area contributed by atoms with Gasteiger partial charge in [0.1, 0.15) is 0 Å². The van der Waals surface area contributed by atoms with Gasteiger partial charge in [-0.2, -0.15) is 0 Å². The Balaban J connectivity index is 0.000000260. The Morgan fingerprint density at radius 1 is 1.36 bits per heavy atom. The number of carboxylic acid groups (broad SMARTS) is 1. The lowest BCUT2D eigenvalue weighted by Crippen LogP contribution is -2.44. The van der Waals surface area contributed by atoms with Crippen molar-refractivity contribution in [1.29, 1.82) is 0 Å². The van der Waals surface area contributed by atoms with E-state index in [-0.39, 0.29) is 6.54 Å². The van der Waals surface area contributed by atoms with E-state index in [1.165, 1.54) is 10.5 Å². The molecule has 0 atom stereocenters. The first kappa shape index (κ1) is 20.2. The lowest BCUT2D eigenvalue weighted by Gasteiger charge is -2.31. The number of benzene rings is 1. The van der Waals surface area contributed by atoms with Gasteiger partial charge >= 0.3 is 6.09 Å². The van der Waals surface area contributed by atoms with Gasteiger partial charge in [-0.1, -0.05) is 41.5 Å². The van der Waals surface area contributed by atoms with Crippen molar-refractivity contribution in [2.24, 2.45) is 5.73 Å². The fourth-order valence-electron chi connectivity index (χ4n) is 1.96. The van der Waals surface area contributed by atoms with Gasteiger partial charge in [0.15, 0.2) is 0 Å². The van der Waals surface area contributed by atoms with E-state index in [1.54, 1.807) is 25.5 Å². The number of amides is 1. The number of aromatic nitrogens is 3. The third kappa shape index (κ3) is 7.06.